The van der Waals surface area contributed by atoms with Crippen LogP contribution in [0.1, 0.15) is 37.5 Å². The lowest BCUT2D eigenvalue weighted by molar-refractivity contribution is 0.296. The van der Waals surface area contributed by atoms with E-state index >= 15 is 0 Å². The van der Waals surface area contributed by atoms with E-state index in [9.17, 15) is 4.39 Å². The van der Waals surface area contributed by atoms with Gasteiger partial charge in [-0.25, -0.2) is 4.39 Å². The molecule has 108 valence electrons. The van der Waals surface area contributed by atoms with Gasteiger partial charge in [0.1, 0.15) is 18.2 Å². The quantitative estimate of drug-likeness (QED) is 0.826. The molecule has 0 aromatic heterocycles. The fourth-order valence-corrected chi connectivity index (χ4v) is 2.16. The van der Waals surface area contributed by atoms with Crippen molar-refractivity contribution in [2.45, 2.75) is 32.8 Å². The molecule has 2 aromatic rings. The highest BCUT2D eigenvalue weighted by atomic mass is 19.1. The summed E-state index contributed by atoms with van der Waals surface area (Å²) in [4.78, 5) is 0. The third-order valence-electron chi connectivity index (χ3n) is 3.27. The first-order valence-corrected chi connectivity index (χ1v) is 6.82. The van der Waals surface area contributed by atoms with E-state index in [1.54, 1.807) is 0 Å². The average molecular weight is 283 g/mol. The maximum Gasteiger partial charge on any atom is 0.123 e. The van der Waals surface area contributed by atoms with Crippen LogP contribution in [0.25, 0.3) is 0 Å². The van der Waals surface area contributed by atoms with E-state index in [4.69, 9.17) is 10.00 Å². The molecule has 0 aliphatic carbocycles. The number of ether oxygens (including phenoxy) is 1. The molecule has 0 unspecified atom stereocenters. The molecule has 0 aliphatic rings. The van der Waals surface area contributed by atoms with Crippen molar-refractivity contribution < 1.29 is 9.13 Å². The predicted octanol–water partition coefficient (Wildman–Crippen LogP) is 4.57. The van der Waals surface area contributed by atoms with Gasteiger partial charge in [-0.2, -0.15) is 5.26 Å². The first-order chi connectivity index (χ1) is 9.91. The van der Waals surface area contributed by atoms with Crippen molar-refractivity contribution in [1.29, 1.82) is 5.26 Å². The van der Waals surface area contributed by atoms with E-state index in [2.05, 4.69) is 26.8 Å². The topological polar surface area (TPSA) is 33.0 Å². The predicted molar refractivity (Wildman–Crippen MR) is 80.6 cm³/mol. The van der Waals surface area contributed by atoms with E-state index < -0.39 is 0 Å². The molecular weight excluding hydrogens is 265 g/mol. The Morgan fingerprint density at radius 3 is 2.52 bits per heavy atom. The van der Waals surface area contributed by atoms with Crippen LogP contribution in [0.4, 0.5) is 4.39 Å². The summed E-state index contributed by atoms with van der Waals surface area (Å²) in [7, 11) is 0. The number of hydrogen-bond acceptors (Lipinski definition) is 2. The molecule has 0 aliphatic heterocycles. The molecule has 0 saturated heterocycles. The summed E-state index contributed by atoms with van der Waals surface area (Å²) in [6, 6.07) is 13.9. The SMILES string of the molecule is CC(C)(C)c1ccccc1OCc1cc(F)ccc1C#N. The molecule has 0 fully saturated rings. The van der Waals surface area contributed by atoms with Crippen molar-refractivity contribution in [3.8, 4) is 11.8 Å². The number of para-hydroxylation sites is 1. The largest absolute Gasteiger partial charge is 0.489 e. The van der Waals surface area contributed by atoms with Crippen molar-refractivity contribution in [3.05, 3.63) is 65.0 Å². The van der Waals surface area contributed by atoms with Crippen LogP contribution in [-0.2, 0) is 12.0 Å². The maximum atomic E-state index is 13.3. The van der Waals surface area contributed by atoms with Gasteiger partial charge in [0.05, 0.1) is 11.6 Å². The molecule has 0 radical (unpaired) electrons. The van der Waals surface area contributed by atoms with Crippen LogP contribution >= 0.6 is 0 Å². The van der Waals surface area contributed by atoms with Gasteiger partial charge in [0.15, 0.2) is 0 Å². The normalized spacial score (nSPS) is 11.0. The van der Waals surface area contributed by atoms with Gasteiger partial charge in [-0.05, 0) is 35.2 Å². The third kappa shape index (κ3) is 3.61. The highest BCUT2D eigenvalue weighted by molar-refractivity contribution is 5.40. The van der Waals surface area contributed by atoms with Gasteiger partial charge >= 0.3 is 0 Å². The maximum absolute atomic E-state index is 13.3. The minimum atomic E-state index is -0.364. The van der Waals surface area contributed by atoms with Gasteiger partial charge in [0.2, 0.25) is 0 Å². The fourth-order valence-electron chi connectivity index (χ4n) is 2.16. The Bertz CT molecular complexity index is 680. The van der Waals surface area contributed by atoms with Crippen LogP contribution in [-0.4, -0.2) is 0 Å². The van der Waals surface area contributed by atoms with Crippen LogP contribution < -0.4 is 4.74 Å². The molecule has 2 rings (SSSR count). The van der Waals surface area contributed by atoms with Crippen LogP contribution in [0.5, 0.6) is 5.75 Å². The second-order valence-electron chi connectivity index (χ2n) is 5.95. The number of nitrogens with zero attached hydrogens (tertiary/aromatic N) is 1. The summed E-state index contributed by atoms with van der Waals surface area (Å²) < 4.78 is 19.1. The molecule has 0 bridgehead atoms. The minimum absolute atomic E-state index is 0.0450. The monoisotopic (exact) mass is 283 g/mol. The lowest BCUT2D eigenvalue weighted by Crippen LogP contribution is -2.13. The molecule has 0 heterocycles. The van der Waals surface area contributed by atoms with E-state index in [-0.39, 0.29) is 17.8 Å². The van der Waals surface area contributed by atoms with Gasteiger partial charge in [-0.1, -0.05) is 39.0 Å². The second kappa shape index (κ2) is 5.97. The molecule has 0 saturated carbocycles. The highest BCUT2D eigenvalue weighted by Gasteiger charge is 2.18. The van der Waals surface area contributed by atoms with Gasteiger partial charge in [-0.15, -0.1) is 0 Å². The Morgan fingerprint density at radius 2 is 1.86 bits per heavy atom. The van der Waals surface area contributed by atoms with Crippen molar-refractivity contribution >= 4 is 0 Å². The van der Waals surface area contributed by atoms with Crippen LogP contribution in [0.3, 0.4) is 0 Å². The molecule has 21 heavy (non-hydrogen) atoms. The molecule has 2 nitrogen and oxygen atoms in total. The minimum Gasteiger partial charge on any atom is -0.489 e. The summed E-state index contributed by atoms with van der Waals surface area (Å²) in [5.74, 6) is 0.398. The number of benzene rings is 2. The molecule has 0 atom stereocenters. The van der Waals surface area contributed by atoms with Crippen molar-refractivity contribution in [2.24, 2.45) is 0 Å². The zero-order chi connectivity index (χ0) is 15.5. The van der Waals surface area contributed by atoms with Crippen LogP contribution in [0.2, 0.25) is 0 Å². The summed E-state index contributed by atoms with van der Waals surface area (Å²) in [6.07, 6.45) is 0. The van der Waals surface area contributed by atoms with E-state index in [1.807, 2.05) is 24.3 Å². The lowest BCUT2D eigenvalue weighted by atomic mass is 9.86. The number of halogens is 1. The number of hydrogen-bond donors (Lipinski definition) is 0. The van der Waals surface area contributed by atoms with Crippen molar-refractivity contribution in [3.63, 3.8) is 0 Å². The Balaban J connectivity index is 2.26. The Hall–Kier alpha value is -2.34. The fraction of sp³-hybridized carbons (Fsp3) is 0.278. The summed E-state index contributed by atoms with van der Waals surface area (Å²) in [5.41, 5.74) is 2.03. The Morgan fingerprint density at radius 1 is 1.14 bits per heavy atom. The Kier molecular flexibility index (Phi) is 4.28. The number of nitriles is 1. The molecule has 0 N–H and O–H groups in total. The smallest absolute Gasteiger partial charge is 0.123 e. The third-order valence-corrected chi connectivity index (χ3v) is 3.27. The summed E-state index contributed by atoms with van der Waals surface area (Å²) >= 11 is 0. The van der Waals surface area contributed by atoms with Gasteiger partial charge in [-0.3, -0.25) is 0 Å². The van der Waals surface area contributed by atoms with Gasteiger partial charge in [0.25, 0.3) is 0 Å². The molecule has 0 spiro atoms. The first-order valence-electron chi connectivity index (χ1n) is 6.82. The Labute approximate surface area is 124 Å². The first kappa shape index (κ1) is 15.1. The molecule has 0 amide bonds. The van der Waals surface area contributed by atoms with Gasteiger partial charge < -0.3 is 4.74 Å². The van der Waals surface area contributed by atoms with E-state index in [0.29, 0.717) is 11.1 Å². The second-order valence-corrected chi connectivity index (χ2v) is 5.95. The van der Waals surface area contributed by atoms with Crippen molar-refractivity contribution in [1.82, 2.24) is 0 Å². The average Bonchev–Trinajstić information content (AvgIpc) is 2.44. The highest BCUT2D eigenvalue weighted by Crippen LogP contribution is 2.31. The summed E-state index contributed by atoms with van der Waals surface area (Å²) in [6.45, 7) is 6.50. The summed E-state index contributed by atoms with van der Waals surface area (Å²) in [5, 5.41) is 9.06. The standard InChI is InChI=1S/C18H18FNO/c1-18(2,3)16-6-4-5-7-17(16)21-12-14-10-15(19)9-8-13(14)11-20/h4-10H,12H2,1-3H3. The molecule has 2 aromatic carbocycles. The zero-order valence-electron chi connectivity index (χ0n) is 12.5. The molecular formula is C18H18FNO. The van der Waals surface area contributed by atoms with Gasteiger partial charge in [0, 0.05) is 5.56 Å². The number of rotatable bonds is 3. The van der Waals surface area contributed by atoms with Crippen molar-refractivity contribution in [2.75, 3.05) is 0 Å². The van der Waals surface area contributed by atoms with Crippen LogP contribution in [0, 0.1) is 17.1 Å². The zero-order valence-corrected chi connectivity index (χ0v) is 12.5. The lowest BCUT2D eigenvalue weighted by Gasteiger charge is -2.22. The van der Waals surface area contributed by atoms with E-state index in [1.165, 1.54) is 18.2 Å². The van der Waals surface area contributed by atoms with E-state index in [0.717, 1.165) is 11.3 Å². The van der Waals surface area contributed by atoms with Crippen LogP contribution in [0.15, 0.2) is 42.5 Å². The molecule has 3 heteroatoms.